The fourth-order valence-corrected chi connectivity index (χ4v) is 4.47. The third kappa shape index (κ3) is 5.88. The molecule has 2 saturated heterocycles. The van der Waals surface area contributed by atoms with Gasteiger partial charge in [-0.2, -0.15) is 0 Å². The van der Waals surface area contributed by atoms with Crippen LogP contribution >= 0.6 is 0 Å². The third-order valence-corrected chi connectivity index (χ3v) is 6.17. The van der Waals surface area contributed by atoms with Crippen molar-refractivity contribution in [1.82, 2.24) is 20.9 Å². The number of halogens is 2. The van der Waals surface area contributed by atoms with Crippen molar-refractivity contribution in [3.05, 3.63) is 65.7 Å². The molecule has 8 nitrogen and oxygen atoms in total. The topological polar surface area (TPSA) is 103 Å². The maximum absolute atomic E-state index is 13.8. The van der Waals surface area contributed by atoms with Gasteiger partial charge in [0, 0.05) is 44.2 Å². The van der Waals surface area contributed by atoms with Crippen molar-refractivity contribution < 1.29 is 23.2 Å². The molecule has 3 atom stereocenters. The van der Waals surface area contributed by atoms with Crippen molar-refractivity contribution in [1.29, 1.82) is 0 Å². The number of amides is 4. The molecule has 2 aliphatic rings. The van der Waals surface area contributed by atoms with Crippen LogP contribution in [-0.2, 0) is 16.1 Å². The van der Waals surface area contributed by atoms with Crippen LogP contribution in [0, 0.1) is 11.6 Å². The van der Waals surface area contributed by atoms with Crippen LogP contribution in [-0.4, -0.2) is 54.0 Å². The van der Waals surface area contributed by atoms with E-state index in [0.29, 0.717) is 45.0 Å². The second kappa shape index (κ2) is 10.6. The average Bonchev–Trinajstić information content (AvgIpc) is 3.24. The zero-order valence-corrected chi connectivity index (χ0v) is 18.5. The van der Waals surface area contributed by atoms with Crippen LogP contribution < -0.4 is 21.3 Å². The average molecular weight is 472 g/mol. The van der Waals surface area contributed by atoms with Gasteiger partial charge < -0.3 is 21.3 Å². The van der Waals surface area contributed by atoms with E-state index in [-0.39, 0.29) is 29.6 Å². The number of benzene rings is 2. The normalized spacial score (nSPS) is 21.9. The summed E-state index contributed by atoms with van der Waals surface area (Å²) >= 11 is 0. The first-order chi connectivity index (χ1) is 16.4. The van der Waals surface area contributed by atoms with E-state index in [1.807, 2.05) is 35.2 Å². The molecule has 2 aromatic carbocycles. The molecule has 0 spiro atoms. The number of nitrogens with one attached hydrogen (secondary N) is 4. The molecule has 0 aromatic heterocycles. The Kier molecular flexibility index (Phi) is 7.36. The zero-order valence-electron chi connectivity index (χ0n) is 18.5. The minimum atomic E-state index is -0.871. The number of rotatable bonds is 7. The van der Waals surface area contributed by atoms with Crippen LogP contribution in [0.15, 0.2) is 48.5 Å². The minimum Gasteiger partial charge on any atom is -0.353 e. The molecular weight excluding hydrogens is 444 g/mol. The van der Waals surface area contributed by atoms with Crippen molar-refractivity contribution >= 4 is 23.5 Å². The second-order valence-electron chi connectivity index (χ2n) is 8.57. The molecule has 4 N–H and O–H groups in total. The number of piperazine rings is 1. The van der Waals surface area contributed by atoms with E-state index >= 15 is 0 Å². The smallest absolute Gasteiger partial charge is 0.319 e. The molecule has 0 bridgehead atoms. The number of nitrogens with zero attached hydrogens (tertiary/aromatic N) is 1. The molecule has 2 aromatic rings. The Morgan fingerprint density at radius 2 is 1.91 bits per heavy atom. The number of hydrogen-bond acceptors (Lipinski definition) is 4. The van der Waals surface area contributed by atoms with E-state index in [2.05, 4.69) is 21.3 Å². The van der Waals surface area contributed by atoms with Gasteiger partial charge in [0.1, 0.15) is 11.6 Å². The lowest BCUT2D eigenvalue weighted by atomic mass is 10.0. The van der Waals surface area contributed by atoms with Crippen molar-refractivity contribution in [2.45, 2.75) is 43.9 Å². The third-order valence-electron chi connectivity index (χ3n) is 6.17. The van der Waals surface area contributed by atoms with Crippen molar-refractivity contribution in [3.8, 4) is 0 Å². The lowest BCUT2D eigenvalue weighted by molar-refractivity contribution is -0.129. The summed E-state index contributed by atoms with van der Waals surface area (Å²) in [4.78, 5) is 39.0. The maximum atomic E-state index is 13.8. The van der Waals surface area contributed by atoms with Crippen molar-refractivity contribution in [2.24, 2.45) is 0 Å². The Bertz CT molecular complexity index is 1050. The predicted molar refractivity (Wildman–Crippen MR) is 122 cm³/mol. The van der Waals surface area contributed by atoms with Crippen LogP contribution in [0.4, 0.5) is 19.3 Å². The molecule has 180 valence electrons. The molecule has 4 rings (SSSR count). The molecule has 2 aliphatic heterocycles. The number of fused-ring (bicyclic) bond motifs is 1. The largest absolute Gasteiger partial charge is 0.353 e. The highest BCUT2D eigenvalue weighted by Crippen LogP contribution is 2.26. The molecule has 0 saturated carbocycles. The molecular formula is C24H27F2N5O3. The van der Waals surface area contributed by atoms with Crippen LogP contribution in [0.1, 0.15) is 24.8 Å². The van der Waals surface area contributed by atoms with E-state index in [1.165, 1.54) is 0 Å². The molecule has 4 amide bonds. The molecule has 10 heteroatoms. The van der Waals surface area contributed by atoms with E-state index in [9.17, 15) is 23.2 Å². The minimum absolute atomic E-state index is 0.0328. The summed E-state index contributed by atoms with van der Waals surface area (Å²) in [5, 5.41) is 10.9. The molecule has 0 unspecified atom stereocenters. The fourth-order valence-electron chi connectivity index (χ4n) is 4.47. The van der Waals surface area contributed by atoms with Gasteiger partial charge in [0.25, 0.3) is 0 Å². The molecule has 2 heterocycles. The van der Waals surface area contributed by atoms with E-state index < -0.39 is 23.7 Å². The molecule has 0 radical (unpaired) electrons. The van der Waals surface area contributed by atoms with Gasteiger partial charge in [-0.05, 0) is 30.5 Å². The quantitative estimate of drug-likeness (QED) is 0.497. The summed E-state index contributed by atoms with van der Waals surface area (Å²) < 4.78 is 26.8. The van der Waals surface area contributed by atoms with E-state index in [1.54, 1.807) is 0 Å². The van der Waals surface area contributed by atoms with Crippen LogP contribution in [0.25, 0.3) is 0 Å². The Morgan fingerprint density at radius 1 is 1.12 bits per heavy atom. The van der Waals surface area contributed by atoms with Gasteiger partial charge in [-0.25, -0.2) is 13.6 Å². The summed E-state index contributed by atoms with van der Waals surface area (Å²) in [6.45, 7) is 1.33. The Labute approximate surface area is 196 Å². The molecule has 2 fully saturated rings. The van der Waals surface area contributed by atoms with Gasteiger partial charge in [0.15, 0.2) is 0 Å². The number of carbonyl (C=O) groups is 3. The Morgan fingerprint density at radius 3 is 2.68 bits per heavy atom. The monoisotopic (exact) mass is 471 g/mol. The summed E-state index contributed by atoms with van der Waals surface area (Å²) in [6, 6.07) is 11.1. The Hall–Kier alpha value is -3.53. The van der Waals surface area contributed by atoms with Gasteiger partial charge >= 0.3 is 6.03 Å². The van der Waals surface area contributed by atoms with Gasteiger partial charge in [-0.15, -0.1) is 0 Å². The van der Waals surface area contributed by atoms with Crippen LogP contribution in [0.3, 0.4) is 0 Å². The summed E-state index contributed by atoms with van der Waals surface area (Å²) in [6.07, 6.45) is 1.29. The first-order valence-corrected chi connectivity index (χ1v) is 11.3. The lowest BCUT2D eigenvalue weighted by Crippen LogP contribution is -2.58. The maximum Gasteiger partial charge on any atom is 0.319 e. The highest BCUT2D eigenvalue weighted by molar-refractivity contribution is 5.90. The first-order valence-electron chi connectivity index (χ1n) is 11.3. The van der Waals surface area contributed by atoms with Crippen LogP contribution in [0.5, 0.6) is 0 Å². The summed E-state index contributed by atoms with van der Waals surface area (Å²) in [5.41, 5.74) is 0.889. The Balaban J connectivity index is 1.27. The van der Waals surface area contributed by atoms with Gasteiger partial charge in [-0.3, -0.25) is 14.5 Å². The van der Waals surface area contributed by atoms with Gasteiger partial charge in [-0.1, -0.05) is 30.3 Å². The zero-order chi connectivity index (χ0) is 24.1. The first kappa shape index (κ1) is 23.6. The second-order valence-corrected chi connectivity index (χ2v) is 8.57. The number of hydrogen-bond donors (Lipinski definition) is 4. The van der Waals surface area contributed by atoms with E-state index in [4.69, 9.17) is 0 Å². The van der Waals surface area contributed by atoms with Gasteiger partial charge in [0.2, 0.25) is 11.8 Å². The highest BCUT2D eigenvalue weighted by Gasteiger charge is 2.43. The summed E-state index contributed by atoms with van der Waals surface area (Å²) in [5.74, 6) is -1.78. The van der Waals surface area contributed by atoms with E-state index in [0.717, 1.165) is 17.7 Å². The number of anilines is 1. The molecule has 34 heavy (non-hydrogen) atoms. The number of urea groups is 1. The van der Waals surface area contributed by atoms with Crippen molar-refractivity contribution in [2.75, 3.05) is 18.4 Å². The summed E-state index contributed by atoms with van der Waals surface area (Å²) in [7, 11) is 0. The standard InChI is InChI=1S/C24H27F2N5O3/c25-16-6-8-20(19(26)10-16)30-24(34)29-17-11-21-23(33)28-13-18(31(21)14-17)7-9-22(32)27-12-15-4-2-1-3-5-15/h1-6,8,10,17-18,21H,7,9,11-14H2,(H,27,32)(H,28,33)(H2,29,30,34)/t17-,18+,21-/m0/s1. The SMILES string of the molecule is O=C(CC[C@@H]1CNC(=O)[C@@H]2C[C@H](NC(=O)Nc3ccc(F)cc3F)CN12)NCc1ccccc1. The van der Waals surface area contributed by atoms with Crippen molar-refractivity contribution in [3.63, 3.8) is 0 Å². The number of carbonyl (C=O) groups excluding carboxylic acids is 3. The van der Waals surface area contributed by atoms with Crippen LogP contribution in [0.2, 0.25) is 0 Å². The lowest BCUT2D eigenvalue weighted by Gasteiger charge is -2.37. The highest BCUT2D eigenvalue weighted by atomic mass is 19.1. The molecule has 0 aliphatic carbocycles. The fraction of sp³-hybridized carbons (Fsp3) is 0.375. The predicted octanol–water partition coefficient (Wildman–Crippen LogP) is 2.12. The van der Waals surface area contributed by atoms with Gasteiger partial charge in [0.05, 0.1) is 11.7 Å².